The number of fused-ring (bicyclic) bond motifs is 1. The van der Waals surface area contributed by atoms with Crippen LogP contribution in [0.3, 0.4) is 0 Å². The molecule has 1 N–H and O–H groups in total. The van der Waals surface area contributed by atoms with Crippen LogP contribution >= 0.6 is 11.6 Å². The zero-order chi connectivity index (χ0) is 14.3. The largest absolute Gasteiger partial charge is 0.454 e. The quantitative estimate of drug-likeness (QED) is 0.945. The van der Waals surface area contributed by atoms with E-state index in [2.05, 4.69) is 5.10 Å². The summed E-state index contributed by atoms with van der Waals surface area (Å²) in [4.78, 5) is 0. The van der Waals surface area contributed by atoms with Crippen molar-refractivity contribution in [1.82, 2.24) is 9.78 Å². The smallest absolute Gasteiger partial charge is 0.231 e. The first kappa shape index (κ1) is 13.3. The minimum Gasteiger partial charge on any atom is -0.454 e. The number of aromatic nitrogens is 2. The number of nitrogens with zero attached hydrogens (tertiary/aromatic N) is 2. The van der Waals surface area contributed by atoms with Gasteiger partial charge in [-0.15, -0.1) is 0 Å². The van der Waals surface area contributed by atoms with Gasteiger partial charge in [0.05, 0.1) is 16.9 Å². The molecular weight excluding hydrogens is 280 g/mol. The van der Waals surface area contributed by atoms with E-state index in [4.69, 9.17) is 21.1 Å². The average Bonchev–Trinajstić information content (AvgIpc) is 3.03. The zero-order valence-corrected chi connectivity index (χ0v) is 12.0. The molecule has 0 fully saturated rings. The number of benzene rings is 1. The van der Waals surface area contributed by atoms with E-state index in [9.17, 15) is 5.11 Å². The molecule has 0 spiro atoms. The summed E-state index contributed by atoms with van der Waals surface area (Å²) in [6, 6.07) is 5.46. The van der Waals surface area contributed by atoms with Crippen molar-refractivity contribution in [3.63, 3.8) is 0 Å². The highest BCUT2D eigenvalue weighted by Gasteiger charge is 2.23. The summed E-state index contributed by atoms with van der Waals surface area (Å²) < 4.78 is 12.3. The second-order valence-electron chi connectivity index (χ2n) is 4.93. The summed E-state index contributed by atoms with van der Waals surface area (Å²) in [5, 5.41) is 15.2. The lowest BCUT2D eigenvalue weighted by molar-refractivity contribution is 0.173. The third-order valence-corrected chi connectivity index (χ3v) is 3.54. The second-order valence-corrected chi connectivity index (χ2v) is 5.34. The van der Waals surface area contributed by atoms with Gasteiger partial charge in [-0.25, -0.2) is 0 Å². The van der Waals surface area contributed by atoms with Gasteiger partial charge in [0.15, 0.2) is 11.5 Å². The summed E-state index contributed by atoms with van der Waals surface area (Å²) >= 11 is 6.15. The topological polar surface area (TPSA) is 56.5 Å². The first-order chi connectivity index (χ1) is 9.58. The molecule has 0 bridgehead atoms. The Morgan fingerprint density at radius 3 is 2.80 bits per heavy atom. The van der Waals surface area contributed by atoms with Gasteiger partial charge in [-0.2, -0.15) is 5.10 Å². The van der Waals surface area contributed by atoms with Crippen LogP contribution < -0.4 is 9.47 Å². The van der Waals surface area contributed by atoms with Crippen LogP contribution in [0, 0.1) is 0 Å². The van der Waals surface area contributed by atoms with E-state index in [0.29, 0.717) is 27.8 Å². The third-order valence-electron chi connectivity index (χ3n) is 3.25. The molecule has 1 aliphatic rings. The van der Waals surface area contributed by atoms with Gasteiger partial charge < -0.3 is 14.6 Å². The van der Waals surface area contributed by atoms with E-state index in [1.54, 1.807) is 29.1 Å². The van der Waals surface area contributed by atoms with E-state index in [0.717, 1.165) is 0 Å². The zero-order valence-electron chi connectivity index (χ0n) is 11.2. The van der Waals surface area contributed by atoms with Gasteiger partial charge >= 0.3 is 0 Å². The Morgan fingerprint density at radius 1 is 1.30 bits per heavy atom. The van der Waals surface area contributed by atoms with Crippen molar-refractivity contribution in [2.24, 2.45) is 0 Å². The number of rotatable bonds is 3. The van der Waals surface area contributed by atoms with Crippen LogP contribution in [0.15, 0.2) is 24.4 Å². The maximum absolute atomic E-state index is 10.6. The monoisotopic (exact) mass is 294 g/mol. The van der Waals surface area contributed by atoms with Gasteiger partial charge in [0, 0.05) is 6.04 Å². The van der Waals surface area contributed by atoms with Crippen molar-refractivity contribution >= 4 is 11.6 Å². The molecule has 1 aromatic heterocycles. The Morgan fingerprint density at radius 2 is 2.05 bits per heavy atom. The van der Waals surface area contributed by atoms with Crippen molar-refractivity contribution < 1.29 is 14.6 Å². The molecule has 1 aromatic carbocycles. The van der Waals surface area contributed by atoms with Crippen molar-refractivity contribution in [3.8, 4) is 11.5 Å². The predicted molar refractivity (Wildman–Crippen MR) is 74.2 cm³/mol. The number of hydrogen-bond donors (Lipinski definition) is 1. The Balaban J connectivity index is 2.00. The molecule has 1 aliphatic heterocycles. The summed E-state index contributed by atoms with van der Waals surface area (Å²) in [5.74, 6) is 1.32. The number of ether oxygens (including phenoxy) is 2. The Kier molecular flexibility index (Phi) is 3.31. The van der Waals surface area contributed by atoms with Crippen molar-refractivity contribution in [1.29, 1.82) is 0 Å². The molecule has 20 heavy (non-hydrogen) atoms. The molecule has 0 saturated heterocycles. The number of halogens is 1. The van der Waals surface area contributed by atoms with E-state index in [1.165, 1.54) is 0 Å². The summed E-state index contributed by atoms with van der Waals surface area (Å²) in [5.41, 5.74) is 1.28. The second kappa shape index (κ2) is 5.00. The van der Waals surface area contributed by atoms with Crippen LogP contribution in [-0.4, -0.2) is 21.7 Å². The maximum atomic E-state index is 10.6. The van der Waals surface area contributed by atoms with E-state index >= 15 is 0 Å². The molecular formula is C14H15ClN2O3. The molecule has 2 heterocycles. The van der Waals surface area contributed by atoms with Crippen LogP contribution in [0.1, 0.15) is 37.3 Å². The minimum absolute atomic E-state index is 0.112. The molecule has 1 unspecified atom stereocenters. The Labute approximate surface area is 121 Å². The maximum Gasteiger partial charge on any atom is 0.231 e. The number of hydrogen-bond acceptors (Lipinski definition) is 4. The van der Waals surface area contributed by atoms with Gasteiger partial charge in [-0.3, -0.25) is 4.68 Å². The third kappa shape index (κ3) is 2.13. The summed E-state index contributed by atoms with van der Waals surface area (Å²) in [6.07, 6.45) is 0.689. The molecule has 106 valence electrons. The van der Waals surface area contributed by atoms with Crippen LogP contribution in [0.25, 0.3) is 0 Å². The lowest BCUT2D eigenvalue weighted by atomic mass is 10.1. The fourth-order valence-corrected chi connectivity index (χ4v) is 2.49. The standard InChI is InChI=1S/C14H15ClN2O3/c1-8(2)17-13(10(15)6-16-17)14(18)9-3-4-11-12(5-9)20-7-19-11/h3-6,8,14,18H,7H2,1-2H3. The lowest BCUT2D eigenvalue weighted by Gasteiger charge is -2.17. The molecule has 5 nitrogen and oxygen atoms in total. The SMILES string of the molecule is CC(C)n1ncc(Cl)c1C(O)c1ccc2c(c1)OCO2. The predicted octanol–water partition coefficient (Wildman–Crippen LogP) is 2.93. The molecule has 0 aliphatic carbocycles. The molecule has 6 heteroatoms. The molecule has 3 rings (SSSR count). The van der Waals surface area contributed by atoms with Gasteiger partial charge in [0.2, 0.25) is 6.79 Å². The van der Waals surface area contributed by atoms with Gasteiger partial charge in [-0.1, -0.05) is 17.7 Å². The lowest BCUT2D eigenvalue weighted by Crippen LogP contribution is -2.12. The molecule has 2 aromatic rings. The summed E-state index contributed by atoms with van der Waals surface area (Å²) in [7, 11) is 0. The van der Waals surface area contributed by atoms with E-state index in [1.807, 2.05) is 13.8 Å². The highest BCUT2D eigenvalue weighted by molar-refractivity contribution is 6.31. The first-order valence-electron chi connectivity index (χ1n) is 6.38. The highest BCUT2D eigenvalue weighted by Crippen LogP contribution is 2.37. The van der Waals surface area contributed by atoms with Gasteiger partial charge in [0.25, 0.3) is 0 Å². The van der Waals surface area contributed by atoms with Crippen LogP contribution in [-0.2, 0) is 0 Å². The van der Waals surface area contributed by atoms with Crippen LogP contribution in [0.2, 0.25) is 5.02 Å². The highest BCUT2D eigenvalue weighted by atomic mass is 35.5. The van der Waals surface area contributed by atoms with E-state index in [-0.39, 0.29) is 12.8 Å². The number of aliphatic hydroxyl groups is 1. The normalized spacial score (nSPS) is 14.8. The fraction of sp³-hybridized carbons (Fsp3) is 0.357. The fourth-order valence-electron chi connectivity index (χ4n) is 2.26. The first-order valence-corrected chi connectivity index (χ1v) is 6.76. The summed E-state index contributed by atoms with van der Waals surface area (Å²) in [6.45, 7) is 4.18. The molecule has 1 atom stereocenters. The Bertz CT molecular complexity index is 639. The molecule has 0 amide bonds. The average molecular weight is 295 g/mol. The van der Waals surface area contributed by atoms with Gasteiger partial charge in [-0.05, 0) is 31.5 Å². The minimum atomic E-state index is -0.859. The van der Waals surface area contributed by atoms with Crippen LogP contribution in [0.4, 0.5) is 0 Å². The van der Waals surface area contributed by atoms with Crippen LogP contribution in [0.5, 0.6) is 11.5 Å². The molecule has 0 saturated carbocycles. The van der Waals surface area contributed by atoms with Crippen molar-refractivity contribution in [2.75, 3.05) is 6.79 Å². The van der Waals surface area contributed by atoms with E-state index < -0.39 is 6.10 Å². The number of aliphatic hydroxyl groups excluding tert-OH is 1. The molecule has 0 radical (unpaired) electrons. The Hall–Kier alpha value is -1.72. The van der Waals surface area contributed by atoms with Crippen molar-refractivity contribution in [2.45, 2.75) is 26.0 Å². The van der Waals surface area contributed by atoms with Crippen molar-refractivity contribution in [3.05, 3.63) is 40.7 Å². The van der Waals surface area contributed by atoms with Gasteiger partial charge in [0.1, 0.15) is 6.10 Å².